The highest BCUT2D eigenvalue weighted by Crippen LogP contribution is 2.27. The number of rotatable bonds is 7. The van der Waals surface area contributed by atoms with Crippen molar-refractivity contribution in [3.05, 3.63) is 59.9 Å². The largest absolute Gasteiger partial charge is 0.497 e. The molecule has 0 spiro atoms. The molecule has 0 aromatic heterocycles. The van der Waals surface area contributed by atoms with E-state index in [-0.39, 0.29) is 0 Å². The number of methoxy groups -OCH3 is 1. The molecule has 1 aliphatic rings. The first-order chi connectivity index (χ1) is 10.6. The average molecular weight is 303 g/mol. The highest BCUT2D eigenvalue weighted by atomic mass is 16.5. The smallest absolute Gasteiger partial charge is 0.334 e. The van der Waals surface area contributed by atoms with E-state index in [1.165, 1.54) is 13.4 Å². The van der Waals surface area contributed by atoms with Crippen molar-refractivity contribution in [1.82, 2.24) is 0 Å². The van der Waals surface area contributed by atoms with Gasteiger partial charge >= 0.3 is 5.97 Å². The number of hydrogen-bond acceptors (Lipinski definition) is 4. The second-order valence-electron chi connectivity index (χ2n) is 5.06. The molecule has 0 aliphatic carbocycles. The minimum atomic E-state index is -1.34. The Kier molecular flexibility index (Phi) is 7.40. The van der Waals surface area contributed by atoms with E-state index in [1.54, 1.807) is 13.0 Å². The van der Waals surface area contributed by atoms with E-state index in [0.29, 0.717) is 17.8 Å². The van der Waals surface area contributed by atoms with E-state index < -0.39 is 11.5 Å². The van der Waals surface area contributed by atoms with Gasteiger partial charge in [-0.1, -0.05) is 49.8 Å². The summed E-state index contributed by atoms with van der Waals surface area (Å²) in [5, 5.41) is 0. The van der Waals surface area contributed by atoms with Gasteiger partial charge in [0.25, 0.3) is 0 Å². The van der Waals surface area contributed by atoms with Crippen molar-refractivity contribution in [3.8, 4) is 0 Å². The Bertz CT molecular complexity index is 526. The highest BCUT2D eigenvalue weighted by Gasteiger charge is 2.40. The lowest BCUT2D eigenvalue weighted by atomic mass is 9.83. The lowest BCUT2D eigenvalue weighted by molar-refractivity contribution is -0.144. The Morgan fingerprint density at radius 2 is 2.23 bits per heavy atom. The molecule has 4 nitrogen and oxygen atoms in total. The monoisotopic (exact) mass is 303 g/mol. The van der Waals surface area contributed by atoms with Crippen molar-refractivity contribution in [2.45, 2.75) is 32.2 Å². The molecule has 0 saturated heterocycles. The van der Waals surface area contributed by atoms with Crippen LogP contribution < -0.4 is 5.73 Å². The Morgan fingerprint density at radius 3 is 2.82 bits per heavy atom. The normalized spacial score (nSPS) is 18.2. The van der Waals surface area contributed by atoms with Gasteiger partial charge in [0.1, 0.15) is 6.61 Å². The summed E-state index contributed by atoms with van der Waals surface area (Å²) in [5.74, 6) is -0.516. The summed E-state index contributed by atoms with van der Waals surface area (Å²) in [5.41, 5.74) is 6.25. The third kappa shape index (κ3) is 4.46. The summed E-state index contributed by atoms with van der Waals surface area (Å²) in [6.45, 7) is 4.41. The van der Waals surface area contributed by atoms with Crippen LogP contribution in [0.5, 0.6) is 0 Å². The zero-order valence-electron chi connectivity index (χ0n) is 13.5. The molecule has 0 radical (unpaired) electrons. The maximum Gasteiger partial charge on any atom is 0.334 e. The van der Waals surface area contributed by atoms with Gasteiger partial charge in [0.2, 0.25) is 0 Å². The number of carbonyl (C=O) groups excluding carboxylic acids is 1. The summed E-state index contributed by atoms with van der Waals surface area (Å²) < 4.78 is 10.1. The van der Waals surface area contributed by atoms with Gasteiger partial charge in [-0.3, -0.25) is 0 Å². The molecule has 120 valence electrons. The molecule has 1 atom stereocenters. The first-order valence-electron chi connectivity index (χ1n) is 7.44. The van der Waals surface area contributed by atoms with E-state index in [0.717, 1.165) is 12.8 Å². The van der Waals surface area contributed by atoms with E-state index in [2.05, 4.69) is 13.0 Å². The van der Waals surface area contributed by atoms with Gasteiger partial charge in [-0.15, -0.1) is 0 Å². The van der Waals surface area contributed by atoms with Crippen molar-refractivity contribution in [2.75, 3.05) is 13.7 Å². The number of unbranched alkanes of at least 4 members (excludes halogenated alkanes) is 1. The summed E-state index contributed by atoms with van der Waals surface area (Å²) in [4.78, 5) is 12.2. The molecule has 0 aromatic rings. The van der Waals surface area contributed by atoms with Crippen molar-refractivity contribution in [1.29, 1.82) is 0 Å². The third-order valence-corrected chi connectivity index (χ3v) is 3.44. The van der Waals surface area contributed by atoms with E-state index in [1.807, 2.05) is 30.4 Å². The SMILES string of the molecule is CCCC=CC=CC=C(C)[C@@](N)(C(=O)OC)C1=COCC=C1. The summed E-state index contributed by atoms with van der Waals surface area (Å²) >= 11 is 0. The lowest BCUT2D eigenvalue weighted by Gasteiger charge is -2.29. The molecular formula is C18H25NO3. The Balaban J connectivity index is 2.99. The zero-order chi connectivity index (χ0) is 16.4. The van der Waals surface area contributed by atoms with Crippen LogP contribution in [0.15, 0.2) is 59.9 Å². The van der Waals surface area contributed by atoms with Gasteiger partial charge in [0, 0.05) is 5.57 Å². The molecule has 0 amide bonds. The van der Waals surface area contributed by atoms with Crippen molar-refractivity contribution < 1.29 is 14.3 Å². The Morgan fingerprint density at radius 1 is 1.45 bits per heavy atom. The second-order valence-corrected chi connectivity index (χ2v) is 5.06. The molecule has 0 bridgehead atoms. The molecule has 1 heterocycles. The lowest BCUT2D eigenvalue weighted by Crippen LogP contribution is -2.51. The van der Waals surface area contributed by atoms with Gasteiger partial charge in [0.15, 0.2) is 5.54 Å². The van der Waals surface area contributed by atoms with Gasteiger partial charge in [-0.25, -0.2) is 4.79 Å². The summed E-state index contributed by atoms with van der Waals surface area (Å²) in [6, 6.07) is 0. The van der Waals surface area contributed by atoms with Gasteiger partial charge in [-0.05, 0) is 25.0 Å². The molecule has 1 rings (SSSR count). The Hall–Kier alpha value is -2.07. The first-order valence-corrected chi connectivity index (χ1v) is 7.44. The molecule has 0 saturated carbocycles. The molecule has 4 heteroatoms. The number of esters is 1. The fourth-order valence-corrected chi connectivity index (χ4v) is 2.04. The maximum absolute atomic E-state index is 12.2. The summed E-state index contributed by atoms with van der Waals surface area (Å²) in [6.07, 6.45) is 17.0. The third-order valence-electron chi connectivity index (χ3n) is 3.44. The fraction of sp³-hybridized carbons (Fsp3) is 0.389. The van der Waals surface area contributed by atoms with E-state index in [4.69, 9.17) is 15.2 Å². The van der Waals surface area contributed by atoms with Gasteiger partial charge in [0.05, 0.1) is 13.4 Å². The number of carbonyl (C=O) groups is 1. The van der Waals surface area contributed by atoms with Crippen LogP contribution in [0.4, 0.5) is 0 Å². The van der Waals surface area contributed by atoms with Crippen LogP contribution >= 0.6 is 0 Å². The number of ether oxygens (including phenoxy) is 2. The molecular weight excluding hydrogens is 278 g/mol. The van der Waals surface area contributed by atoms with Crippen molar-refractivity contribution >= 4 is 5.97 Å². The Labute approximate surface area is 132 Å². The number of hydrogen-bond donors (Lipinski definition) is 1. The molecule has 2 N–H and O–H groups in total. The highest BCUT2D eigenvalue weighted by molar-refractivity contribution is 5.90. The van der Waals surface area contributed by atoms with Gasteiger partial charge in [-0.2, -0.15) is 0 Å². The molecule has 22 heavy (non-hydrogen) atoms. The molecule has 1 aliphatic heterocycles. The summed E-state index contributed by atoms with van der Waals surface area (Å²) in [7, 11) is 1.33. The van der Waals surface area contributed by atoms with Crippen LogP contribution in [0.1, 0.15) is 26.7 Å². The average Bonchev–Trinajstić information content (AvgIpc) is 2.57. The van der Waals surface area contributed by atoms with Crippen molar-refractivity contribution in [2.24, 2.45) is 5.73 Å². The first kappa shape index (κ1) is 18.0. The van der Waals surface area contributed by atoms with Gasteiger partial charge < -0.3 is 15.2 Å². The number of allylic oxidation sites excluding steroid dienone is 5. The molecule has 0 aromatic carbocycles. The zero-order valence-corrected chi connectivity index (χ0v) is 13.5. The molecule has 0 fully saturated rings. The van der Waals surface area contributed by atoms with Crippen LogP contribution in [0.3, 0.4) is 0 Å². The van der Waals surface area contributed by atoms with Crippen molar-refractivity contribution in [3.63, 3.8) is 0 Å². The fourth-order valence-electron chi connectivity index (χ4n) is 2.04. The second kappa shape index (κ2) is 9.05. The standard InChI is InChI=1S/C18H25NO3/c1-4-5-6-7-8-9-11-15(2)18(19,17(20)21-3)16-12-10-13-22-14-16/h6-12,14H,4-5,13,19H2,1-3H3/t18-/m0/s1. The predicted octanol–water partition coefficient (Wildman–Crippen LogP) is 3.19. The maximum atomic E-state index is 12.2. The van der Waals surface area contributed by atoms with Crippen LogP contribution in [0.2, 0.25) is 0 Å². The van der Waals surface area contributed by atoms with Crippen LogP contribution in [0.25, 0.3) is 0 Å². The minimum absolute atomic E-state index is 0.478. The van der Waals surface area contributed by atoms with Crippen LogP contribution in [-0.4, -0.2) is 25.2 Å². The van der Waals surface area contributed by atoms with E-state index in [9.17, 15) is 4.79 Å². The molecule has 0 unspecified atom stereocenters. The topological polar surface area (TPSA) is 61.6 Å². The van der Waals surface area contributed by atoms with Crippen LogP contribution in [0, 0.1) is 0 Å². The van der Waals surface area contributed by atoms with Crippen LogP contribution in [-0.2, 0) is 14.3 Å². The quantitative estimate of drug-likeness (QED) is 0.579. The minimum Gasteiger partial charge on any atom is -0.497 e. The predicted molar refractivity (Wildman–Crippen MR) is 89.1 cm³/mol. The van der Waals surface area contributed by atoms with E-state index >= 15 is 0 Å². The number of nitrogens with two attached hydrogens (primary N) is 1.